The van der Waals surface area contributed by atoms with Crippen LogP contribution < -0.4 is 3.71 Å². The zero-order chi connectivity index (χ0) is 26.7. The Kier molecular flexibility index (Phi) is 9.38. The Hall–Kier alpha value is -2.11. The van der Waals surface area contributed by atoms with Crippen LogP contribution in [0.25, 0.3) is 0 Å². The van der Waals surface area contributed by atoms with Crippen molar-refractivity contribution in [2.24, 2.45) is 0 Å². The predicted octanol–water partition coefficient (Wildman–Crippen LogP) is 3.05. The standard InChI is InChI=1S/C9H15NO2.C7H3ClF6N2O4S2/c1-7-4-5-10(2)6-8(7)9(11)12-3;8-4-1-2-5(15-3-4)16(21(17,18)6(9,10)11)22(19,20)7(12,13)14/h4-6H2,1-3H3;1-3H. The molecule has 0 fully saturated rings. The Morgan fingerprint density at radius 3 is 1.97 bits per heavy atom. The number of alkyl halides is 6. The van der Waals surface area contributed by atoms with E-state index in [0.29, 0.717) is 12.3 Å². The van der Waals surface area contributed by atoms with Crippen LogP contribution in [0.2, 0.25) is 5.02 Å². The largest absolute Gasteiger partial charge is 0.517 e. The molecule has 18 heteroatoms. The maximum Gasteiger partial charge on any atom is 0.517 e. The van der Waals surface area contributed by atoms with Crippen LogP contribution in [0.15, 0.2) is 29.5 Å². The summed E-state index contributed by atoms with van der Waals surface area (Å²) < 4.78 is 122. The maximum absolute atomic E-state index is 12.5. The third-order valence-corrected chi connectivity index (χ3v) is 7.98. The summed E-state index contributed by atoms with van der Waals surface area (Å²) in [6.07, 6.45) is 1.45. The number of anilines is 1. The number of carbonyl (C=O) groups excluding carboxylic acids is 1. The Balaban J connectivity index is 0.000000404. The summed E-state index contributed by atoms with van der Waals surface area (Å²) in [6, 6.07) is 0.934. The molecule has 0 radical (unpaired) electrons. The molecule has 2 heterocycles. The number of ether oxygens (including phenoxy) is 1. The van der Waals surface area contributed by atoms with Crippen LogP contribution in [0.1, 0.15) is 13.3 Å². The zero-order valence-corrected chi connectivity index (χ0v) is 20.0. The smallest absolute Gasteiger partial charge is 0.466 e. The van der Waals surface area contributed by atoms with Crippen molar-refractivity contribution in [1.29, 1.82) is 0 Å². The lowest BCUT2D eigenvalue weighted by Crippen LogP contribution is -2.49. The van der Waals surface area contributed by atoms with Gasteiger partial charge in [-0.05, 0) is 32.5 Å². The third-order valence-electron chi connectivity index (χ3n) is 4.16. The van der Waals surface area contributed by atoms with Gasteiger partial charge in [-0.25, -0.2) is 9.78 Å². The molecule has 0 saturated heterocycles. The van der Waals surface area contributed by atoms with Crippen LogP contribution in [-0.4, -0.2) is 71.0 Å². The van der Waals surface area contributed by atoms with Gasteiger partial charge in [-0.1, -0.05) is 17.2 Å². The normalized spacial score (nSPS) is 15.9. The van der Waals surface area contributed by atoms with Gasteiger partial charge in [0.2, 0.25) is 0 Å². The average Bonchev–Trinajstić information content (AvgIpc) is 2.69. The molecule has 0 N–H and O–H groups in total. The molecule has 1 aromatic rings. The summed E-state index contributed by atoms with van der Waals surface area (Å²) >= 11 is 5.30. The second-order valence-electron chi connectivity index (χ2n) is 6.67. The van der Waals surface area contributed by atoms with Gasteiger partial charge in [0.15, 0.2) is 5.82 Å². The number of carbonyl (C=O) groups is 1. The van der Waals surface area contributed by atoms with Gasteiger partial charge in [-0.3, -0.25) is 0 Å². The summed E-state index contributed by atoms with van der Waals surface area (Å²) in [5.41, 5.74) is -10.6. The van der Waals surface area contributed by atoms with E-state index in [9.17, 15) is 48.0 Å². The van der Waals surface area contributed by atoms with Crippen molar-refractivity contribution in [3.8, 4) is 0 Å². The molecule has 2 rings (SSSR count). The number of rotatable bonds is 4. The van der Waals surface area contributed by atoms with Crippen molar-refractivity contribution in [1.82, 2.24) is 9.88 Å². The van der Waals surface area contributed by atoms with E-state index in [1.54, 1.807) is 0 Å². The quantitative estimate of drug-likeness (QED) is 0.407. The Morgan fingerprint density at radius 2 is 1.59 bits per heavy atom. The highest BCUT2D eigenvalue weighted by Crippen LogP contribution is 2.38. The first-order valence-electron chi connectivity index (χ1n) is 8.77. The van der Waals surface area contributed by atoms with Gasteiger partial charge in [0.05, 0.1) is 17.7 Å². The van der Waals surface area contributed by atoms with Gasteiger partial charge in [-0.15, -0.1) is 3.71 Å². The minimum atomic E-state index is -6.93. The summed E-state index contributed by atoms with van der Waals surface area (Å²) in [5.74, 6) is -1.82. The molecule has 0 spiro atoms. The van der Waals surface area contributed by atoms with E-state index >= 15 is 0 Å². The minimum absolute atomic E-state index is 0.181. The van der Waals surface area contributed by atoms with Gasteiger partial charge in [0, 0.05) is 19.3 Å². The summed E-state index contributed by atoms with van der Waals surface area (Å²) in [4.78, 5) is 16.2. The highest BCUT2D eigenvalue weighted by atomic mass is 35.5. The zero-order valence-electron chi connectivity index (χ0n) is 17.6. The number of aromatic nitrogens is 1. The third kappa shape index (κ3) is 6.73. The molecule has 1 aliphatic heterocycles. The van der Waals surface area contributed by atoms with Gasteiger partial charge < -0.3 is 9.64 Å². The molecule has 0 aromatic carbocycles. The first-order valence-corrected chi connectivity index (χ1v) is 12.0. The lowest BCUT2D eigenvalue weighted by Gasteiger charge is -2.24. The number of hydrogen-bond acceptors (Lipinski definition) is 8. The molecule has 1 aromatic heterocycles. The molecule has 0 bridgehead atoms. The number of nitrogens with zero attached hydrogens (tertiary/aromatic N) is 3. The molecule has 1 aliphatic rings. The summed E-state index contributed by atoms with van der Waals surface area (Å²) in [6.45, 7) is 3.75. The van der Waals surface area contributed by atoms with Crippen LogP contribution in [0.5, 0.6) is 0 Å². The first-order chi connectivity index (χ1) is 15.3. The fourth-order valence-corrected chi connectivity index (χ4v) is 5.13. The van der Waals surface area contributed by atoms with Crippen LogP contribution in [0.4, 0.5) is 32.2 Å². The second kappa shape index (κ2) is 10.7. The number of likely N-dealkylation sites (N-methyl/N-ethyl adjacent to an activating group) is 1. The van der Waals surface area contributed by atoms with Crippen LogP contribution in [0.3, 0.4) is 0 Å². The molecule has 194 valence electrons. The molecule has 0 saturated carbocycles. The van der Waals surface area contributed by atoms with Gasteiger partial charge in [-0.2, -0.15) is 43.2 Å². The van der Waals surface area contributed by atoms with Crippen molar-refractivity contribution < 1.29 is 52.7 Å². The van der Waals surface area contributed by atoms with Crippen LogP contribution in [-0.2, 0) is 29.6 Å². The summed E-state index contributed by atoms with van der Waals surface area (Å²) in [5, 5.41) is -0.280. The second-order valence-corrected chi connectivity index (χ2v) is 10.9. The number of halogens is 7. The fraction of sp³-hybridized carbons (Fsp3) is 0.500. The minimum Gasteiger partial charge on any atom is -0.466 e. The molecule has 34 heavy (non-hydrogen) atoms. The Morgan fingerprint density at radius 1 is 1.09 bits per heavy atom. The van der Waals surface area contributed by atoms with E-state index in [4.69, 9.17) is 11.6 Å². The van der Waals surface area contributed by atoms with Crippen molar-refractivity contribution in [3.63, 3.8) is 0 Å². The number of pyridine rings is 1. The molecule has 0 amide bonds. The van der Waals surface area contributed by atoms with Crippen molar-refractivity contribution in [2.45, 2.75) is 24.4 Å². The van der Waals surface area contributed by atoms with Gasteiger partial charge in [0.1, 0.15) is 0 Å². The van der Waals surface area contributed by atoms with Crippen LogP contribution in [0, 0.1) is 0 Å². The first kappa shape index (κ1) is 29.9. The van der Waals surface area contributed by atoms with Gasteiger partial charge >= 0.3 is 37.0 Å². The van der Waals surface area contributed by atoms with Crippen molar-refractivity contribution >= 4 is 43.4 Å². The Bertz CT molecular complexity index is 1090. The van der Waals surface area contributed by atoms with E-state index in [1.165, 1.54) is 12.7 Å². The number of hydrogen-bond donors (Lipinski definition) is 0. The predicted molar refractivity (Wildman–Crippen MR) is 109 cm³/mol. The highest BCUT2D eigenvalue weighted by Gasteiger charge is 2.62. The molecule has 0 atom stereocenters. The monoisotopic (exact) mass is 561 g/mol. The Labute approximate surface area is 196 Å². The summed E-state index contributed by atoms with van der Waals surface area (Å²) in [7, 11) is -10.4. The maximum atomic E-state index is 12.5. The SMILES string of the molecule is COC(=O)C1=C(C)CCN(C)C1.O=S(=O)(N(c1ccc(Cl)cn1)S(=O)(=O)C(F)(F)F)C(F)(F)F. The highest BCUT2D eigenvalue weighted by molar-refractivity contribution is 8.11. The van der Waals surface area contributed by atoms with E-state index in [2.05, 4.69) is 14.6 Å². The van der Waals surface area contributed by atoms with Crippen molar-refractivity contribution in [3.05, 3.63) is 34.5 Å². The lowest BCUT2D eigenvalue weighted by atomic mass is 10.0. The van der Waals surface area contributed by atoms with E-state index < -0.39 is 40.6 Å². The molecule has 9 nitrogen and oxygen atoms in total. The topological polar surface area (TPSA) is 114 Å². The van der Waals surface area contributed by atoms with Gasteiger partial charge in [0.25, 0.3) is 0 Å². The average molecular weight is 562 g/mol. The number of methoxy groups -OCH3 is 1. The lowest BCUT2D eigenvalue weighted by molar-refractivity contribution is -0.136. The van der Waals surface area contributed by atoms with Crippen molar-refractivity contribution in [2.75, 3.05) is 31.0 Å². The molecule has 0 aliphatic carbocycles. The molecular weight excluding hydrogens is 544 g/mol. The van der Waals surface area contributed by atoms with Crippen LogP contribution >= 0.6 is 11.6 Å². The van der Waals surface area contributed by atoms with E-state index in [0.717, 1.165) is 25.1 Å². The number of sulfonamides is 2. The van der Waals surface area contributed by atoms with E-state index in [-0.39, 0.29) is 17.1 Å². The molecular formula is C16H18ClF6N3O6S2. The fourth-order valence-electron chi connectivity index (χ4n) is 2.39. The number of esters is 1. The van der Waals surface area contributed by atoms with E-state index in [1.807, 2.05) is 14.0 Å². The molecule has 0 unspecified atom stereocenters.